The van der Waals surface area contributed by atoms with Gasteiger partial charge < -0.3 is 10.6 Å². The van der Waals surface area contributed by atoms with E-state index in [2.05, 4.69) is 20.7 Å². The first-order chi connectivity index (χ1) is 10.6. The lowest BCUT2D eigenvalue weighted by Crippen LogP contribution is -2.38. The first-order valence-corrected chi connectivity index (χ1v) is 7.12. The van der Waals surface area contributed by atoms with Gasteiger partial charge in [0.2, 0.25) is 0 Å². The molecule has 2 aromatic rings. The smallest absolute Gasteiger partial charge is 0.314 e. The summed E-state index contributed by atoms with van der Waals surface area (Å²) in [4.78, 5) is 28.2. The molecule has 0 aliphatic carbocycles. The van der Waals surface area contributed by atoms with Crippen molar-refractivity contribution in [2.45, 2.75) is 25.8 Å². The molecule has 0 fully saturated rings. The normalized spacial score (nSPS) is 11.7. The molecule has 2 aromatic heterocycles. The lowest BCUT2D eigenvalue weighted by atomic mass is 10.1. The number of rotatable bonds is 5. The molecule has 7 heteroatoms. The highest BCUT2D eigenvalue weighted by Crippen LogP contribution is 2.15. The van der Waals surface area contributed by atoms with Crippen LogP contribution in [0.25, 0.3) is 0 Å². The lowest BCUT2D eigenvalue weighted by molar-refractivity contribution is -0.136. The molecule has 2 amide bonds. The maximum atomic E-state index is 12.0. The zero-order chi connectivity index (χ0) is 15.9. The molecule has 2 N–H and O–H groups in total. The molecule has 0 radical (unpaired) electrons. The second-order valence-corrected chi connectivity index (χ2v) is 4.90. The number of aryl methyl sites for hydroxylation is 1. The summed E-state index contributed by atoms with van der Waals surface area (Å²) in [7, 11) is 1.73. The first kappa shape index (κ1) is 15.7. The predicted octanol–water partition coefficient (Wildman–Crippen LogP) is 1.41. The van der Waals surface area contributed by atoms with Crippen LogP contribution in [0.15, 0.2) is 36.7 Å². The van der Waals surface area contributed by atoms with Gasteiger partial charge in [0.25, 0.3) is 0 Å². The SMILES string of the molecule is CCCC(NC(=O)C(=O)Nc1ccn(C)n1)c1ccccn1. The minimum Gasteiger partial charge on any atom is -0.339 e. The number of carbonyl (C=O) groups is 2. The Bertz CT molecular complexity index is 638. The third-order valence-electron chi connectivity index (χ3n) is 3.09. The highest BCUT2D eigenvalue weighted by molar-refractivity contribution is 6.39. The summed E-state index contributed by atoms with van der Waals surface area (Å²) < 4.78 is 1.54. The van der Waals surface area contributed by atoms with Gasteiger partial charge in [0.1, 0.15) is 0 Å². The lowest BCUT2D eigenvalue weighted by Gasteiger charge is -2.17. The van der Waals surface area contributed by atoms with Crippen molar-refractivity contribution in [3.8, 4) is 0 Å². The largest absolute Gasteiger partial charge is 0.339 e. The van der Waals surface area contributed by atoms with Crippen molar-refractivity contribution in [1.29, 1.82) is 0 Å². The molecule has 22 heavy (non-hydrogen) atoms. The van der Waals surface area contributed by atoms with Crippen molar-refractivity contribution in [3.63, 3.8) is 0 Å². The van der Waals surface area contributed by atoms with E-state index in [9.17, 15) is 9.59 Å². The standard InChI is InChI=1S/C15H19N5O2/c1-3-6-12(11-7-4-5-9-16-11)17-14(21)15(22)18-13-8-10-20(2)19-13/h4-5,7-10,12H,3,6H2,1-2H3,(H,17,21)(H,18,19,22). The molecule has 0 aliphatic rings. The third kappa shape index (κ3) is 4.15. The number of nitrogens with one attached hydrogen (secondary N) is 2. The Kier molecular flexibility index (Phi) is 5.24. The fraction of sp³-hybridized carbons (Fsp3) is 0.333. The maximum absolute atomic E-state index is 12.0. The number of hydrogen-bond acceptors (Lipinski definition) is 4. The Morgan fingerprint density at radius 3 is 2.68 bits per heavy atom. The fourth-order valence-corrected chi connectivity index (χ4v) is 2.04. The summed E-state index contributed by atoms with van der Waals surface area (Å²) in [6.07, 6.45) is 4.92. The van der Waals surface area contributed by atoms with Gasteiger partial charge in [-0.3, -0.25) is 19.3 Å². The van der Waals surface area contributed by atoms with Crippen LogP contribution in [-0.4, -0.2) is 26.6 Å². The minimum absolute atomic E-state index is 0.284. The Labute approximate surface area is 128 Å². The average molecular weight is 301 g/mol. The van der Waals surface area contributed by atoms with Crippen LogP contribution in [0, 0.1) is 0 Å². The number of carbonyl (C=O) groups excluding carboxylic acids is 2. The molecule has 1 unspecified atom stereocenters. The maximum Gasteiger partial charge on any atom is 0.314 e. The van der Waals surface area contributed by atoms with Crippen LogP contribution in [0.5, 0.6) is 0 Å². The van der Waals surface area contributed by atoms with Crippen molar-refractivity contribution in [2.75, 3.05) is 5.32 Å². The summed E-state index contributed by atoms with van der Waals surface area (Å²) in [6, 6.07) is 6.82. The highest BCUT2D eigenvalue weighted by atomic mass is 16.2. The van der Waals surface area contributed by atoms with Crippen LogP contribution in [0.4, 0.5) is 5.82 Å². The van der Waals surface area contributed by atoms with Gasteiger partial charge in [-0.15, -0.1) is 0 Å². The summed E-state index contributed by atoms with van der Waals surface area (Å²) in [5.41, 5.74) is 0.739. The number of amides is 2. The van der Waals surface area contributed by atoms with E-state index < -0.39 is 11.8 Å². The monoisotopic (exact) mass is 301 g/mol. The van der Waals surface area contributed by atoms with Gasteiger partial charge in [0.05, 0.1) is 11.7 Å². The number of hydrogen-bond donors (Lipinski definition) is 2. The van der Waals surface area contributed by atoms with Gasteiger partial charge in [-0.2, -0.15) is 5.10 Å². The number of nitrogens with zero attached hydrogens (tertiary/aromatic N) is 3. The summed E-state index contributed by atoms with van der Waals surface area (Å²) >= 11 is 0. The molecule has 0 saturated carbocycles. The molecule has 2 heterocycles. The Morgan fingerprint density at radius 1 is 1.27 bits per heavy atom. The quantitative estimate of drug-likeness (QED) is 0.817. The van der Waals surface area contributed by atoms with Gasteiger partial charge in [-0.25, -0.2) is 0 Å². The Hall–Kier alpha value is -2.70. The first-order valence-electron chi connectivity index (χ1n) is 7.12. The van der Waals surface area contributed by atoms with E-state index in [4.69, 9.17) is 0 Å². The molecular weight excluding hydrogens is 282 g/mol. The van der Waals surface area contributed by atoms with Crippen molar-refractivity contribution < 1.29 is 9.59 Å². The van der Waals surface area contributed by atoms with Crippen LogP contribution < -0.4 is 10.6 Å². The van der Waals surface area contributed by atoms with Crippen molar-refractivity contribution in [2.24, 2.45) is 7.05 Å². The molecule has 0 bridgehead atoms. The van der Waals surface area contributed by atoms with Crippen molar-refractivity contribution in [1.82, 2.24) is 20.1 Å². The van der Waals surface area contributed by atoms with Crippen molar-refractivity contribution in [3.05, 3.63) is 42.4 Å². The molecule has 0 aliphatic heterocycles. The van der Waals surface area contributed by atoms with Crippen LogP contribution >= 0.6 is 0 Å². The molecule has 0 aromatic carbocycles. The highest BCUT2D eigenvalue weighted by Gasteiger charge is 2.20. The molecule has 116 valence electrons. The number of pyridine rings is 1. The zero-order valence-corrected chi connectivity index (χ0v) is 12.6. The topological polar surface area (TPSA) is 88.9 Å². The second-order valence-electron chi connectivity index (χ2n) is 4.90. The summed E-state index contributed by atoms with van der Waals surface area (Å²) in [5.74, 6) is -1.10. The van der Waals surface area contributed by atoms with E-state index in [0.29, 0.717) is 12.2 Å². The van der Waals surface area contributed by atoms with E-state index in [1.807, 2.05) is 25.1 Å². The Morgan fingerprint density at radius 2 is 2.09 bits per heavy atom. The molecule has 0 spiro atoms. The molecule has 1 atom stereocenters. The zero-order valence-electron chi connectivity index (χ0n) is 12.6. The molecule has 0 saturated heterocycles. The van der Waals surface area contributed by atoms with E-state index in [1.165, 1.54) is 0 Å². The van der Waals surface area contributed by atoms with Gasteiger partial charge in [-0.05, 0) is 18.6 Å². The minimum atomic E-state index is -0.740. The molecule has 2 rings (SSSR count). The van der Waals surface area contributed by atoms with Crippen LogP contribution in [0.1, 0.15) is 31.5 Å². The summed E-state index contributed by atoms with van der Waals surface area (Å²) in [6.45, 7) is 2.01. The van der Waals surface area contributed by atoms with Gasteiger partial charge in [-0.1, -0.05) is 19.4 Å². The molecular formula is C15H19N5O2. The van der Waals surface area contributed by atoms with E-state index in [-0.39, 0.29) is 6.04 Å². The number of anilines is 1. The van der Waals surface area contributed by atoms with E-state index >= 15 is 0 Å². The van der Waals surface area contributed by atoms with Crippen molar-refractivity contribution >= 4 is 17.6 Å². The van der Waals surface area contributed by atoms with Gasteiger partial charge in [0, 0.05) is 25.5 Å². The van der Waals surface area contributed by atoms with E-state index in [1.54, 1.807) is 30.2 Å². The molecule has 7 nitrogen and oxygen atoms in total. The van der Waals surface area contributed by atoms with Crippen LogP contribution in [-0.2, 0) is 16.6 Å². The van der Waals surface area contributed by atoms with Crippen LogP contribution in [0.3, 0.4) is 0 Å². The van der Waals surface area contributed by atoms with Gasteiger partial charge >= 0.3 is 11.8 Å². The third-order valence-corrected chi connectivity index (χ3v) is 3.09. The van der Waals surface area contributed by atoms with Crippen LogP contribution in [0.2, 0.25) is 0 Å². The average Bonchev–Trinajstić information content (AvgIpc) is 2.92. The summed E-state index contributed by atoms with van der Waals surface area (Å²) in [5, 5.41) is 9.17. The second kappa shape index (κ2) is 7.35. The predicted molar refractivity (Wildman–Crippen MR) is 81.9 cm³/mol. The number of aromatic nitrogens is 3. The fourth-order valence-electron chi connectivity index (χ4n) is 2.04. The van der Waals surface area contributed by atoms with E-state index in [0.717, 1.165) is 12.1 Å². The van der Waals surface area contributed by atoms with Gasteiger partial charge in [0.15, 0.2) is 5.82 Å². The Balaban J connectivity index is 2.00.